The molecule has 3 aliphatic rings. The largest absolute Gasteiger partial charge is 0.372 e. The number of nitrogens with one attached hydrogen (secondary N) is 1. The van der Waals surface area contributed by atoms with Crippen LogP contribution in [0.1, 0.15) is 49.1 Å². The van der Waals surface area contributed by atoms with Gasteiger partial charge in [0.05, 0.1) is 4.92 Å². The molecule has 3 saturated heterocycles. The predicted octanol–water partition coefficient (Wildman–Crippen LogP) is 4.45. The fourth-order valence-corrected chi connectivity index (χ4v) is 5.99. The number of amides is 3. The van der Waals surface area contributed by atoms with Crippen molar-refractivity contribution in [2.24, 2.45) is 5.92 Å². The van der Waals surface area contributed by atoms with Crippen LogP contribution in [0, 0.1) is 23.0 Å². The van der Waals surface area contributed by atoms with Gasteiger partial charge in [0, 0.05) is 56.1 Å². The molecule has 196 valence electrons. The number of hydrogen-bond donors (Lipinski definition) is 1. The van der Waals surface area contributed by atoms with Crippen LogP contribution >= 0.6 is 0 Å². The highest BCUT2D eigenvalue weighted by atomic mass is 16.6. The zero-order valence-corrected chi connectivity index (χ0v) is 21.4. The topological polar surface area (TPSA) is 99.0 Å². The van der Waals surface area contributed by atoms with E-state index in [0.717, 1.165) is 56.8 Å². The van der Waals surface area contributed by atoms with Crippen molar-refractivity contribution in [1.29, 1.82) is 0 Å². The van der Waals surface area contributed by atoms with Crippen molar-refractivity contribution in [1.82, 2.24) is 10.2 Å². The van der Waals surface area contributed by atoms with E-state index in [0.29, 0.717) is 24.8 Å². The Morgan fingerprint density at radius 1 is 0.946 bits per heavy atom. The van der Waals surface area contributed by atoms with Gasteiger partial charge < -0.3 is 9.80 Å². The number of urea groups is 1. The number of anilines is 2. The molecule has 3 heterocycles. The van der Waals surface area contributed by atoms with Crippen LogP contribution in [-0.4, -0.2) is 61.0 Å². The van der Waals surface area contributed by atoms with E-state index in [2.05, 4.69) is 27.2 Å². The highest BCUT2D eigenvalue weighted by Gasteiger charge is 2.28. The van der Waals surface area contributed by atoms with E-state index < -0.39 is 0 Å². The lowest BCUT2D eigenvalue weighted by Gasteiger charge is -2.38. The van der Waals surface area contributed by atoms with Crippen LogP contribution < -0.4 is 15.1 Å². The summed E-state index contributed by atoms with van der Waals surface area (Å²) in [5.41, 5.74) is 4.47. The smallest absolute Gasteiger partial charge is 0.328 e. The van der Waals surface area contributed by atoms with Gasteiger partial charge in [-0.1, -0.05) is 12.1 Å². The summed E-state index contributed by atoms with van der Waals surface area (Å²) in [5, 5.41) is 13.3. The Labute approximate surface area is 217 Å². The summed E-state index contributed by atoms with van der Waals surface area (Å²) < 4.78 is 0. The first kappa shape index (κ1) is 25.2. The first-order valence-corrected chi connectivity index (χ1v) is 13.3. The molecule has 3 amide bonds. The number of rotatable bonds is 6. The number of benzene rings is 2. The van der Waals surface area contributed by atoms with Gasteiger partial charge in [-0.3, -0.25) is 25.1 Å². The number of carbonyl (C=O) groups excluding carboxylic acids is 2. The molecule has 0 aromatic heterocycles. The Balaban J connectivity index is 1.09. The number of imide groups is 1. The van der Waals surface area contributed by atoms with Crippen molar-refractivity contribution in [3.63, 3.8) is 0 Å². The Morgan fingerprint density at radius 2 is 1.65 bits per heavy atom. The standard InChI is InChI=1S/C28H35N5O4/c1-20-18-25(6-7-26(20)32-17-12-27(34)29-28(32)35)31-15-8-21(9-16-31)19-30-13-10-23(11-14-30)22-2-4-24(5-3-22)33(36)37/h2-7,18,21,23H,8-17,19H2,1H3,(H,29,34,35). The molecule has 5 rings (SSSR count). The normalized spacial score (nSPS) is 20.2. The molecule has 3 fully saturated rings. The number of carbonyl (C=O) groups is 2. The second-order valence-corrected chi connectivity index (χ2v) is 10.6. The van der Waals surface area contributed by atoms with Gasteiger partial charge in [-0.15, -0.1) is 0 Å². The van der Waals surface area contributed by atoms with Gasteiger partial charge >= 0.3 is 6.03 Å². The molecule has 3 aliphatic heterocycles. The summed E-state index contributed by atoms with van der Waals surface area (Å²) in [7, 11) is 0. The predicted molar refractivity (Wildman–Crippen MR) is 143 cm³/mol. The Hall–Kier alpha value is -3.46. The molecule has 0 unspecified atom stereocenters. The fraction of sp³-hybridized carbons (Fsp3) is 0.500. The summed E-state index contributed by atoms with van der Waals surface area (Å²) in [4.78, 5) is 40.9. The molecule has 1 N–H and O–H groups in total. The third-order valence-corrected chi connectivity index (χ3v) is 8.18. The molecule has 0 bridgehead atoms. The van der Waals surface area contributed by atoms with Crippen LogP contribution in [0.5, 0.6) is 0 Å². The van der Waals surface area contributed by atoms with Gasteiger partial charge in [0.25, 0.3) is 5.69 Å². The zero-order chi connectivity index (χ0) is 25.9. The van der Waals surface area contributed by atoms with Crippen molar-refractivity contribution < 1.29 is 14.5 Å². The number of likely N-dealkylation sites (tertiary alicyclic amines) is 1. The lowest BCUT2D eigenvalue weighted by atomic mass is 9.88. The minimum atomic E-state index is -0.343. The van der Waals surface area contributed by atoms with Crippen molar-refractivity contribution in [3.05, 3.63) is 63.7 Å². The van der Waals surface area contributed by atoms with Gasteiger partial charge in [0.15, 0.2) is 0 Å². The molecule has 0 aliphatic carbocycles. The molecule has 0 saturated carbocycles. The molecule has 0 atom stereocenters. The second-order valence-electron chi connectivity index (χ2n) is 10.6. The van der Waals surface area contributed by atoms with Crippen LogP contribution in [0.25, 0.3) is 0 Å². The zero-order valence-electron chi connectivity index (χ0n) is 21.4. The van der Waals surface area contributed by atoms with E-state index in [9.17, 15) is 19.7 Å². The Morgan fingerprint density at radius 3 is 2.27 bits per heavy atom. The minimum Gasteiger partial charge on any atom is -0.372 e. The number of aryl methyl sites for hydroxylation is 1. The van der Waals surface area contributed by atoms with Crippen molar-refractivity contribution >= 4 is 29.0 Å². The monoisotopic (exact) mass is 505 g/mol. The average Bonchev–Trinajstić information content (AvgIpc) is 2.90. The van der Waals surface area contributed by atoms with Crippen LogP contribution in [0.3, 0.4) is 0 Å². The molecule has 9 nitrogen and oxygen atoms in total. The maximum Gasteiger partial charge on any atom is 0.328 e. The first-order chi connectivity index (χ1) is 17.9. The van der Waals surface area contributed by atoms with Crippen molar-refractivity contribution in [3.8, 4) is 0 Å². The van der Waals surface area contributed by atoms with E-state index >= 15 is 0 Å². The Bertz CT molecular complexity index is 1150. The van der Waals surface area contributed by atoms with Gasteiger partial charge in [-0.05, 0) is 86.9 Å². The lowest BCUT2D eigenvalue weighted by molar-refractivity contribution is -0.384. The molecule has 0 radical (unpaired) electrons. The van der Waals surface area contributed by atoms with E-state index in [1.807, 2.05) is 25.1 Å². The van der Waals surface area contributed by atoms with Gasteiger partial charge in [0.2, 0.25) is 5.91 Å². The average molecular weight is 506 g/mol. The minimum absolute atomic E-state index is 0.158. The molecule has 9 heteroatoms. The lowest BCUT2D eigenvalue weighted by Crippen LogP contribution is -2.49. The third-order valence-electron chi connectivity index (χ3n) is 8.18. The molecular formula is C28H35N5O4. The van der Waals surface area contributed by atoms with E-state index in [4.69, 9.17) is 0 Å². The third kappa shape index (κ3) is 5.77. The Kier molecular flexibility index (Phi) is 7.41. The van der Waals surface area contributed by atoms with Gasteiger partial charge in [0.1, 0.15) is 0 Å². The van der Waals surface area contributed by atoms with Crippen LogP contribution in [-0.2, 0) is 4.79 Å². The van der Waals surface area contributed by atoms with Gasteiger partial charge in [-0.25, -0.2) is 4.79 Å². The van der Waals surface area contributed by atoms with Crippen LogP contribution in [0.4, 0.5) is 21.9 Å². The number of nitrogens with zero attached hydrogens (tertiary/aromatic N) is 4. The maximum atomic E-state index is 12.2. The highest BCUT2D eigenvalue weighted by Crippen LogP contribution is 2.32. The summed E-state index contributed by atoms with van der Waals surface area (Å²) >= 11 is 0. The fourth-order valence-electron chi connectivity index (χ4n) is 5.99. The number of nitro groups is 1. The molecule has 2 aromatic rings. The summed E-state index contributed by atoms with van der Waals surface area (Å²) in [6.45, 7) is 7.80. The molecule has 37 heavy (non-hydrogen) atoms. The number of non-ortho nitro benzene ring substituents is 1. The number of nitro benzene ring substituents is 1. The van der Waals surface area contributed by atoms with E-state index in [1.54, 1.807) is 17.0 Å². The van der Waals surface area contributed by atoms with E-state index in [1.165, 1.54) is 24.1 Å². The second kappa shape index (κ2) is 10.9. The maximum absolute atomic E-state index is 12.2. The molecular weight excluding hydrogens is 470 g/mol. The van der Waals surface area contributed by atoms with E-state index in [-0.39, 0.29) is 22.5 Å². The number of hydrogen-bond acceptors (Lipinski definition) is 6. The SMILES string of the molecule is Cc1cc(N2CCC(CN3CCC(c4ccc([N+](=O)[O-])cc4)CC3)CC2)ccc1N1CCC(=O)NC1=O. The van der Waals surface area contributed by atoms with Crippen LogP contribution in [0.15, 0.2) is 42.5 Å². The molecule has 2 aromatic carbocycles. The van der Waals surface area contributed by atoms with Crippen molar-refractivity contribution in [2.75, 3.05) is 49.1 Å². The number of piperidine rings is 2. The summed E-state index contributed by atoms with van der Waals surface area (Å²) in [6.07, 6.45) is 4.87. The summed E-state index contributed by atoms with van der Waals surface area (Å²) in [5.74, 6) is 0.969. The van der Waals surface area contributed by atoms with Gasteiger partial charge in [-0.2, -0.15) is 0 Å². The highest BCUT2D eigenvalue weighted by molar-refractivity contribution is 6.06. The first-order valence-electron chi connectivity index (χ1n) is 13.3. The molecule has 0 spiro atoms. The summed E-state index contributed by atoms with van der Waals surface area (Å²) in [6, 6.07) is 13.0. The van der Waals surface area contributed by atoms with Crippen LogP contribution in [0.2, 0.25) is 0 Å². The quantitative estimate of drug-likeness (QED) is 0.460. The van der Waals surface area contributed by atoms with Crippen molar-refractivity contribution in [2.45, 2.75) is 44.9 Å².